The van der Waals surface area contributed by atoms with Gasteiger partial charge >= 0.3 is 5.97 Å². The first-order chi connectivity index (χ1) is 11.1. The molecule has 6 heteroatoms. The van der Waals surface area contributed by atoms with E-state index in [4.69, 9.17) is 16.3 Å². The Labute approximate surface area is 139 Å². The first kappa shape index (κ1) is 15.9. The molecular formula is C17H17ClN2O3. The number of aliphatic hydroxyl groups excluding tert-OH is 1. The summed E-state index contributed by atoms with van der Waals surface area (Å²) in [5.41, 5.74) is 2.28. The summed E-state index contributed by atoms with van der Waals surface area (Å²) < 4.78 is 4.94. The molecule has 1 atom stereocenters. The second kappa shape index (κ2) is 6.64. The number of halogens is 1. The standard InChI is InChI=1S/C17H17ClN2O3/c1-2-23-17(22)15-8-14(19-9-20-15)11-5-6-12(13(18)7-11)16(21)10-3-4-10/h5-10,16,21H,2-4H2,1H3/t16-/m1/s1. The molecule has 1 N–H and O–H groups in total. The van der Waals surface area contributed by atoms with E-state index in [1.807, 2.05) is 12.1 Å². The van der Waals surface area contributed by atoms with Crippen molar-refractivity contribution in [1.29, 1.82) is 0 Å². The zero-order valence-corrected chi connectivity index (χ0v) is 13.5. The van der Waals surface area contributed by atoms with Gasteiger partial charge in [-0.05, 0) is 43.4 Å². The van der Waals surface area contributed by atoms with Crippen molar-refractivity contribution in [2.24, 2.45) is 5.92 Å². The van der Waals surface area contributed by atoms with Gasteiger partial charge in [0.1, 0.15) is 6.33 Å². The van der Waals surface area contributed by atoms with Gasteiger partial charge in [-0.3, -0.25) is 0 Å². The highest BCUT2D eigenvalue weighted by Gasteiger charge is 2.31. The Kier molecular flexibility index (Phi) is 4.59. The van der Waals surface area contributed by atoms with E-state index < -0.39 is 12.1 Å². The summed E-state index contributed by atoms with van der Waals surface area (Å²) >= 11 is 6.30. The highest BCUT2D eigenvalue weighted by atomic mass is 35.5. The molecule has 0 radical (unpaired) electrons. The summed E-state index contributed by atoms with van der Waals surface area (Å²) in [5, 5.41) is 10.7. The van der Waals surface area contributed by atoms with E-state index in [1.54, 1.807) is 19.1 Å². The largest absolute Gasteiger partial charge is 0.461 e. The smallest absolute Gasteiger partial charge is 0.357 e. The summed E-state index contributed by atoms with van der Waals surface area (Å²) in [4.78, 5) is 19.8. The number of benzene rings is 1. The van der Waals surface area contributed by atoms with E-state index in [2.05, 4.69) is 9.97 Å². The van der Waals surface area contributed by atoms with Crippen LogP contribution in [0.4, 0.5) is 0 Å². The number of aliphatic hydroxyl groups is 1. The Morgan fingerprint density at radius 3 is 2.83 bits per heavy atom. The van der Waals surface area contributed by atoms with Gasteiger partial charge in [0, 0.05) is 10.6 Å². The molecule has 0 bridgehead atoms. The predicted molar refractivity (Wildman–Crippen MR) is 86.1 cm³/mol. The minimum absolute atomic E-state index is 0.204. The molecule has 120 valence electrons. The van der Waals surface area contributed by atoms with Gasteiger partial charge in [-0.15, -0.1) is 0 Å². The lowest BCUT2D eigenvalue weighted by molar-refractivity contribution is 0.0519. The molecule has 1 heterocycles. The highest BCUT2D eigenvalue weighted by molar-refractivity contribution is 6.31. The molecule has 1 fully saturated rings. The molecule has 0 saturated heterocycles. The van der Waals surface area contributed by atoms with Crippen LogP contribution in [0.1, 0.15) is 41.9 Å². The lowest BCUT2D eigenvalue weighted by Crippen LogP contribution is -2.07. The number of rotatable bonds is 5. The zero-order chi connectivity index (χ0) is 16.4. The number of aromatic nitrogens is 2. The molecule has 0 aliphatic heterocycles. The van der Waals surface area contributed by atoms with E-state index >= 15 is 0 Å². The third-order valence-electron chi connectivity index (χ3n) is 3.84. The number of nitrogens with zero attached hydrogens (tertiary/aromatic N) is 2. The van der Waals surface area contributed by atoms with E-state index in [1.165, 1.54) is 6.33 Å². The molecule has 1 aliphatic carbocycles. The summed E-state index contributed by atoms with van der Waals surface area (Å²) in [6.45, 7) is 2.03. The normalized spacial score (nSPS) is 15.3. The van der Waals surface area contributed by atoms with E-state index in [-0.39, 0.29) is 12.3 Å². The van der Waals surface area contributed by atoms with E-state index in [0.29, 0.717) is 16.6 Å². The van der Waals surface area contributed by atoms with Crippen LogP contribution < -0.4 is 0 Å². The number of carbonyl (C=O) groups is 1. The Morgan fingerprint density at radius 2 is 2.17 bits per heavy atom. The highest BCUT2D eigenvalue weighted by Crippen LogP contribution is 2.43. The van der Waals surface area contributed by atoms with Crippen molar-refractivity contribution in [3.63, 3.8) is 0 Å². The number of esters is 1. The molecular weight excluding hydrogens is 316 g/mol. The molecule has 0 spiro atoms. The fourth-order valence-electron chi connectivity index (χ4n) is 2.42. The molecule has 1 aromatic carbocycles. The van der Waals surface area contributed by atoms with Crippen LogP contribution in [-0.2, 0) is 4.74 Å². The number of carbonyl (C=O) groups excluding carboxylic acids is 1. The third kappa shape index (κ3) is 3.51. The second-order valence-electron chi connectivity index (χ2n) is 5.53. The fourth-order valence-corrected chi connectivity index (χ4v) is 2.72. The molecule has 5 nitrogen and oxygen atoms in total. The van der Waals surface area contributed by atoms with Crippen molar-refractivity contribution >= 4 is 17.6 Å². The molecule has 0 amide bonds. The van der Waals surface area contributed by atoms with Gasteiger partial charge in [-0.1, -0.05) is 23.7 Å². The van der Waals surface area contributed by atoms with Crippen LogP contribution in [-0.4, -0.2) is 27.7 Å². The quantitative estimate of drug-likeness (QED) is 0.849. The molecule has 1 aromatic heterocycles. The van der Waals surface area contributed by atoms with Crippen molar-refractivity contribution < 1.29 is 14.6 Å². The average Bonchev–Trinajstić information content (AvgIpc) is 3.39. The molecule has 1 saturated carbocycles. The van der Waals surface area contributed by atoms with Crippen LogP contribution in [0, 0.1) is 5.92 Å². The maximum atomic E-state index is 11.7. The van der Waals surface area contributed by atoms with E-state index in [9.17, 15) is 9.90 Å². The van der Waals surface area contributed by atoms with Gasteiger partial charge in [-0.2, -0.15) is 0 Å². The molecule has 1 aliphatic rings. The van der Waals surface area contributed by atoms with Crippen molar-refractivity contribution in [3.05, 3.63) is 46.9 Å². The average molecular weight is 333 g/mol. The maximum Gasteiger partial charge on any atom is 0.357 e. The second-order valence-corrected chi connectivity index (χ2v) is 5.93. The third-order valence-corrected chi connectivity index (χ3v) is 4.16. The first-order valence-electron chi connectivity index (χ1n) is 7.57. The topological polar surface area (TPSA) is 72.3 Å². The van der Waals surface area contributed by atoms with Gasteiger partial charge in [0.2, 0.25) is 0 Å². The Balaban J connectivity index is 1.88. The van der Waals surface area contributed by atoms with Gasteiger partial charge in [0.05, 0.1) is 18.4 Å². The number of hydrogen-bond donors (Lipinski definition) is 1. The van der Waals surface area contributed by atoms with Crippen molar-refractivity contribution in [2.75, 3.05) is 6.61 Å². The number of ether oxygens (including phenoxy) is 1. The Bertz CT molecular complexity index is 732. The molecule has 0 unspecified atom stereocenters. The first-order valence-corrected chi connectivity index (χ1v) is 7.95. The minimum Gasteiger partial charge on any atom is -0.461 e. The predicted octanol–water partition coefficient (Wildman–Crippen LogP) is 3.42. The summed E-state index contributed by atoms with van der Waals surface area (Å²) in [7, 11) is 0. The molecule has 2 aromatic rings. The fraction of sp³-hybridized carbons (Fsp3) is 0.353. The van der Waals surface area contributed by atoms with Gasteiger partial charge < -0.3 is 9.84 Å². The van der Waals surface area contributed by atoms with Crippen molar-refractivity contribution in [3.8, 4) is 11.3 Å². The lowest BCUT2D eigenvalue weighted by atomic mass is 10.0. The van der Waals surface area contributed by atoms with Crippen LogP contribution in [0.2, 0.25) is 5.02 Å². The van der Waals surface area contributed by atoms with Gasteiger partial charge in [-0.25, -0.2) is 14.8 Å². The van der Waals surface area contributed by atoms with Crippen molar-refractivity contribution in [2.45, 2.75) is 25.9 Å². The van der Waals surface area contributed by atoms with Crippen LogP contribution in [0.15, 0.2) is 30.6 Å². The van der Waals surface area contributed by atoms with Crippen LogP contribution >= 0.6 is 11.6 Å². The SMILES string of the molecule is CCOC(=O)c1cc(-c2ccc([C@H](O)C3CC3)c(Cl)c2)ncn1. The van der Waals surface area contributed by atoms with Crippen LogP contribution in [0.5, 0.6) is 0 Å². The summed E-state index contributed by atoms with van der Waals surface area (Å²) in [5.74, 6) is -0.171. The Hall–Kier alpha value is -1.98. The molecule has 23 heavy (non-hydrogen) atoms. The van der Waals surface area contributed by atoms with Gasteiger partial charge in [0.25, 0.3) is 0 Å². The Morgan fingerprint density at radius 1 is 1.39 bits per heavy atom. The molecule has 3 rings (SSSR count). The van der Waals surface area contributed by atoms with Crippen LogP contribution in [0.3, 0.4) is 0 Å². The number of hydrogen-bond acceptors (Lipinski definition) is 5. The lowest BCUT2D eigenvalue weighted by Gasteiger charge is -2.13. The van der Waals surface area contributed by atoms with Gasteiger partial charge in [0.15, 0.2) is 5.69 Å². The monoisotopic (exact) mass is 332 g/mol. The minimum atomic E-state index is -0.517. The van der Waals surface area contributed by atoms with E-state index in [0.717, 1.165) is 24.0 Å². The van der Waals surface area contributed by atoms with Crippen LogP contribution in [0.25, 0.3) is 11.3 Å². The maximum absolute atomic E-state index is 11.7. The summed E-state index contributed by atoms with van der Waals surface area (Å²) in [6, 6.07) is 6.97. The van der Waals surface area contributed by atoms with Crippen molar-refractivity contribution in [1.82, 2.24) is 9.97 Å². The summed E-state index contributed by atoms with van der Waals surface area (Å²) in [6.07, 6.45) is 2.88. The zero-order valence-electron chi connectivity index (χ0n) is 12.7.